The fourth-order valence-corrected chi connectivity index (χ4v) is 6.91. The molecule has 0 aliphatic heterocycles. The molecule has 1 aromatic carbocycles. The van der Waals surface area contributed by atoms with Gasteiger partial charge < -0.3 is 0 Å². The minimum absolute atomic E-state index is 0.00687. The maximum atomic E-state index is 12.5. The Morgan fingerprint density at radius 1 is 1.18 bits per heavy atom. The summed E-state index contributed by atoms with van der Waals surface area (Å²) in [6.45, 7) is 1.54. The lowest BCUT2D eigenvalue weighted by molar-refractivity contribution is -0.385. The normalized spacial score (nSPS) is 31.0. The smallest absolute Gasteiger partial charge is 0.273 e. The fraction of sp³-hybridized carbons (Fsp3) is 0.632. The van der Waals surface area contributed by atoms with Crippen LogP contribution in [0, 0.1) is 40.2 Å². The fourth-order valence-electron chi connectivity index (χ4n) is 6.03. The zero-order valence-corrected chi connectivity index (χ0v) is 16.6. The Bertz CT molecular complexity index is 892. The van der Waals surface area contributed by atoms with Crippen molar-refractivity contribution in [1.82, 2.24) is 10.3 Å². The summed E-state index contributed by atoms with van der Waals surface area (Å²) in [4.78, 5) is 24.7. The summed E-state index contributed by atoms with van der Waals surface area (Å²) < 4.78 is 24.9. The molecule has 28 heavy (non-hydrogen) atoms. The van der Waals surface area contributed by atoms with E-state index in [2.05, 4.69) is 10.3 Å². The minimum Gasteiger partial charge on any atom is -0.278 e. The first-order valence-electron chi connectivity index (χ1n) is 9.71. The molecule has 0 saturated heterocycles. The van der Waals surface area contributed by atoms with Crippen molar-refractivity contribution in [3.05, 3.63) is 33.9 Å². The monoisotopic (exact) mass is 407 g/mol. The van der Waals surface area contributed by atoms with Crippen LogP contribution in [-0.4, -0.2) is 19.2 Å². The Kier molecular flexibility index (Phi) is 4.70. The number of hydrogen-bond acceptors (Lipinski definition) is 5. The molecule has 0 atom stereocenters. The maximum Gasteiger partial charge on any atom is 0.273 e. The number of rotatable bonds is 6. The molecule has 4 fully saturated rings. The lowest BCUT2D eigenvalue weighted by atomic mass is 9.49. The molecular weight excluding hydrogens is 382 g/mol. The number of sulfonamides is 1. The van der Waals surface area contributed by atoms with Gasteiger partial charge in [0.2, 0.25) is 5.91 Å². The van der Waals surface area contributed by atoms with Crippen molar-refractivity contribution in [3.8, 4) is 0 Å². The lowest BCUT2D eigenvalue weighted by Gasteiger charge is -2.56. The zero-order valence-electron chi connectivity index (χ0n) is 15.8. The number of nitro benzene ring substituents is 1. The Balaban J connectivity index is 1.41. The Hall–Kier alpha value is -2.00. The van der Waals surface area contributed by atoms with E-state index in [-0.39, 0.29) is 21.9 Å². The predicted octanol–water partition coefficient (Wildman–Crippen LogP) is 2.82. The molecule has 0 spiro atoms. The van der Waals surface area contributed by atoms with Crippen LogP contribution in [0.15, 0.2) is 23.1 Å². The van der Waals surface area contributed by atoms with E-state index in [0.29, 0.717) is 29.7 Å². The number of carbonyl (C=O) groups is 1. The van der Waals surface area contributed by atoms with Gasteiger partial charge in [0.1, 0.15) is 0 Å². The number of nitrogens with zero attached hydrogens (tertiary/aromatic N) is 1. The van der Waals surface area contributed by atoms with Gasteiger partial charge in [0, 0.05) is 18.1 Å². The van der Waals surface area contributed by atoms with Crippen LogP contribution in [0.2, 0.25) is 0 Å². The van der Waals surface area contributed by atoms with Crippen molar-refractivity contribution in [2.45, 2.75) is 56.8 Å². The average molecular weight is 407 g/mol. The van der Waals surface area contributed by atoms with Crippen molar-refractivity contribution in [1.29, 1.82) is 0 Å². The van der Waals surface area contributed by atoms with Gasteiger partial charge in [-0.2, -0.15) is 0 Å². The molecular formula is C19H25N3O5S. The molecule has 1 amide bonds. The highest BCUT2D eigenvalue weighted by molar-refractivity contribution is 7.89. The number of hydrazine groups is 1. The molecule has 4 bridgehead atoms. The first-order valence-corrected chi connectivity index (χ1v) is 11.2. The van der Waals surface area contributed by atoms with E-state index in [4.69, 9.17) is 0 Å². The third kappa shape index (κ3) is 3.65. The van der Waals surface area contributed by atoms with E-state index in [1.807, 2.05) is 0 Å². The molecule has 4 aliphatic rings. The summed E-state index contributed by atoms with van der Waals surface area (Å²) in [6.07, 6.45) is 7.34. The SMILES string of the molecule is Cc1ccc(S(=O)(=O)NNC(=O)CC23CC4CC(CC(C4)C2)C3)cc1[N+](=O)[O-]. The second-order valence-corrected chi connectivity index (χ2v) is 10.6. The largest absolute Gasteiger partial charge is 0.278 e. The van der Waals surface area contributed by atoms with E-state index in [0.717, 1.165) is 25.3 Å². The van der Waals surface area contributed by atoms with Crippen LogP contribution >= 0.6 is 0 Å². The summed E-state index contributed by atoms with van der Waals surface area (Å²) in [5.41, 5.74) is 2.41. The highest BCUT2D eigenvalue weighted by Crippen LogP contribution is 2.61. The Morgan fingerprint density at radius 3 is 2.29 bits per heavy atom. The number of nitro groups is 1. The molecule has 2 N–H and O–H groups in total. The molecule has 152 valence electrons. The number of aryl methyl sites for hydroxylation is 1. The summed E-state index contributed by atoms with van der Waals surface area (Å²) in [5, 5.41) is 11.0. The van der Waals surface area contributed by atoms with E-state index in [1.165, 1.54) is 38.3 Å². The second-order valence-electron chi connectivity index (χ2n) is 8.95. The molecule has 4 aliphatic carbocycles. The van der Waals surface area contributed by atoms with Gasteiger partial charge in [-0.25, -0.2) is 8.42 Å². The van der Waals surface area contributed by atoms with Crippen molar-refractivity contribution < 1.29 is 18.1 Å². The predicted molar refractivity (Wildman–Crippen MR) is 102 cm³/mol. The van der Waals surface area contributed by atoms with E-state index in [1.54, 1.807) is 0 Å². The summed E-state index contributed by atoms with van der Waals surface area (Å²) in [6, 6.07) is 3.67. The summed E-state index contributed by atoms with van der Waals surface area (Å²) >= 11 is 0. The summed E-state index contributed by atoms with van der Waals surface area (Å²) in [7, 11) is -4.08. The zero-order chi connectivity index (χ0) is 20.1. The Morgan fingerprint density at radius 2 is 1.75 bits per heavy atom. The van der Waals surface area contributed by atoms with Crippen LogP contribution in [-0.2, 0) is 14.8 Å². The number of nitrogens with one attached hydrogen (secondary N) is 2. The van der Waals surface area contributed by atoms with Crippen LogP contribution in [0.1, 0.15) is 50.5 Å². The quantitative estimate of drug-likeness (QED) is 0.555. The molecule has 0 aromatic heterocycles. The van der Waals surface area contributed by atoms with Crippen LogP contribution in [0.4, 0.5) is 5.69 Å². The number of hydrogen-bond donors (Lipinski definition) is 2. The average Bonchev–Trinajstić information content (AvgIpc) is 2.58. The first-order chi connectivity index (χ1) is 13.2. The standard InChI is InChI=1S/C19H25N3O5S/c1-12-2-3-16(7-17(12)22(24)25)28(26,27)21-20-18(23)11-19-8-13-4-14(9-19)6-15(5-13)10-19/h2-3,7,13-15,21H,4-6,8-11H2,1H3,(H,20,23). The third-order valence-corrected chi connectivity index (χ3v) is 7.96. The molecule has 9 heteroatoms. The molecule has 0 radical (unpaired) electrons. The van der Waals surface area contributed by atoms with Crippen LogP contribution in [0.5, 0.6) is 0 Å². The van der Waals surface area contributed by atoms with Crippen LogP contribution in [0.25, 0.3) is 0 Å². The van der Waals surface area contributed by atoms with Crippen molar-refractivity contribution in [2.24, 2.45) is 23.2 Å². The molecule has 1 aromatic rings. The maximum absolute atomic E-state index is 12.5. The number of amides is 1. The van der Waals surface area contributed by atoms with Crippen LogP contribution in [0.3, 0.4) is 0 Å². The molecule has 8 nitrogen and oxygen atoms in total. The van der Waals surface area contributed by atoms with Crippen molar-refractivity contribution in [2.75, 3.05) is 0 Å². The topological polar surface area (TPSA) is 118 Å². The molecule has 4 saturated carbocycles. The highest BCUT2D eigenvalue weighted by atomic mass is 32.2. The Labute approximate surface area is 164 Å². The van der Waals surface area contributed by atoms with Crippen LogP contribution < -0.4 is 10.3 Å². The summed E-state index contributed by atoms with van der Waals surface area (Å²) in [5.74, 6) is 1.80. The number of carbonyl (C=O) groups excluding carboxylic acids is 1. The van der Waals surface area contributed by atoms with Gasteiger partial charge in [-0.05, 0) is 74.7 Å². The van der Waals surface area contributed by atoms with E-state index < -0.39 is 14.9 Å². The molecule has 5 rings (SSSR count). The third-order valence-electron chi connectivity index (χ3n) is 6.71. The second kappa shape index (κ2) is 6.81. The van der Waals surface area contributed by atoms with Crippen molar-refractivity contribution in [3.63, 3.8) is 0 Å². The minimum atomic E-state index is -4.08. The van der Waals surface area contributed by atoms with E-state index >= 15 is 0 Å². The van der Waals surface area contributed by atoms with Gasteiger partial charge in [0.25, 0.3) is 15.7 Å². The number of benzene rings is 1. The lowest BCUT2D eigenvalue weighted by Crippen LogP contribution is -2.50. The van der Waals surface area contributed by atoms with Crippen molar-refractivity contribution >= 4 is 21.6 Å². The van der Waals surface area contributed by atoms with Gasteiger partial charge >= 0.3 is 0 Å². The van der Waals surface area contributed by atoms with Gasteiger partial charge in [-0.1, -0.05) is 6.07 Å². The van der Waals surface area contributed by atoms with Gasteiger partial charge in [0.05, 0.1) is 9.82 Å². The molecule has 0 heterocycles. The van der Waals surface area contributed by atoms with Gasteiger partial charge in [-0.3, -0.25) is 20.3 Å². The molecule has 0 unspecified atom stereocenters. The van der Waals surface area contributed by atoms with Gasteiger partial charge in [-0.15, -0.1) is 4.83 Å². The van der Waals surface area contributed by atoms with Gasteiger partial charge in [0.15, 0.2) is 0 Å². The first kappa shape index (κ1) is 19.3. The van der Waals surface area contributed by atoms with E-state index in [9.17, 15) is 23.3 Å². The highest BCUT2D eigenvalue weighted by Gasteiger charge is 2.51.